The van der Waals surface area contributed by atoms with E-state index in [-0.39, 0.29) is 0 Å². The van der Waals surface area contributed by atoms with Gasteiger partial charge in [-0.3, -0.25) is 0 Å². The highest BCUT2D eigenvalue weighted by molar-refractivity contribution is 6.12. The molecule has 2 heterocycles. The zero-order valence-electron chi connectivity index (χ0n) is 32.5. The van der Waals surface area contributed by atoms with Gasteiger partial charge in [-0.15, -0.1) is 0 Å². The molecular weight excluding hydrogens is 703 g/mol. The smallest absolute Gasteiger partial charge is 0.0921 e. The Labute approximate surface area is 339 Å². The Balaban J connectivity index is 0.923. The van der Waals surface area contributed by atoms with E-state index in [1.54, 1.807) is 0 Å². The summed E-state index contributed by atoms with van der Waals surface area (Å²) < 4.78 is 4.76. The highest BCUT2D eigenvalue weighted by atomic mass is 15.1. The molecule has 0 amide bonds. The second-order valence-electron chi connectivity index (χ2n) is 14.9. The highest BCUT2D eigenvalue weighted by Gasteiger charge is 2.15. The maximum atomic E-state index is 3.64. The molecule has 10 rings (SSSR count). The van der Waals surface area contributed by atoms with Crippen LogP contribution in [0.2, 0.25) is 0 Å². The van der Waals surface area contributed by atoms with Crippen LogP contribution < -0.4 is 5.32 Å². The normalized spacial score (nSPS) is 12.1. The van der Waals surface area contributed by atoms with Crippen LogP contribution in [0.5, 0.6) is 0 Å². The molecule has 3 nitrogen and oxygen atoms in total. The number of aromatic nitrogens is 2. The summed E-state index contributed by atoms with van der Waals surface area (Å²) in [5, 5.41) is 8.67. The van der Waals surface area contributed by atoms with Crippen molar-refractivity contribution in [2.24, 2.45) is 0 Å². The molecule has 0 radical (unpaired) electrons. The van der Waals surface area contributed by atoms with Gasteiger partial charge >= 0.3 is 0 Å². The van der Waals surface area contributed by atoms with Gasteiger partial charge in [0.05, 0.1) is 28.7 Å². The number of fused-ring (bicyclic) bond motifs is 6. The molecule has 0 fully saturated rings. The Bertz CT molecular complexity index is 3130. The van der Waals surface area contributed by atoms with Crippen molar-refractivity contribution in [3.8, 4) is 39.1 Å². The van der Waals surface area contributed by atoms with Gasteiger partial charge in [0, 0.05) is 27.2 Å². The van der Waals surface area contributed by atoms with Crippen molar-refractivity contribution < 1.29 is 0 Å². The van der Waals surface area contributed by atoms with Crippen LogP contribution in [-0.2, 0) is 6.67 Å². The Morgan fingerprint density at radius 1 is 0.448 bits per heavy atom. The SMILES string of the molecule is CC/C=C(/C=C\NCn1c2ccccc2c2cc(-c3ccc4c(c3)c3ccccc3n4-c3ccccc3)ccc21)c1cccc(-c2ccc(-c3ccccc3)cc2)c1. The van der Waals surface area contributed by atoms with Crippen molar-refractivity contribution in [2.45, 2.75) is 20.0 Å². The summed E-state index contributed by atoms with van der Waals surface area (Å²) in [5.41, 5.74) is 15.8. The number of nitrogens with zero attached hydrogens (tertiary/aromatic N) is 2. The summed E-state index contributed by atoms with van der Waals surface area (Å²) in [6.07, 6.45) is 7.55. The van der Waals surface area contributed by atoms with Gasteiger partial charge in [0.25, 0.3) is 0 Å². The van der Waals surface area contributed by atoms with Crippen LogP contribution in [0.4, 0.5) is 0 Å². The van der Waals surface area contributed by atoms with Gasteiger partial charge in [-0.1, -0.05) is 153 Å². The van der Waals surface area contributed by atoms with Gasteiger partial charge in [0.1, 0.15) is 0 Å². The number of rotatable bonds is 10. The zero-order chi connectivity index (χ0) is 38.8. The van der Waals surface area contributed by atoms with Crippen LogP contribution in [0.25, 0.3) is 88.3 Å². The largest absolute Gasteiger partial charge is 0.373 e. The second-order valence-corrected chi connectivity index (χ2v) is 14.9. The van der Waals surface area contributed by atoms with Gasteiger partial charge in [0.2, 0.25) is 0 Å². The van der Waals surface area contributed by atoms with E-state index in [4.69, 9.17) is 0 Å². The summed E-state index contributed by atoms with van der Waals surface area (Å²) in [7, 11) is 0. The molecule has 0 spiro atoms. The fourth-order valence-electron chi connectivity index (χ4n) is 8.57. The molecule has 0 aliphatic rings. The minimum atomic E-state index is 0.651. The monoisotopic (exact) mass is 745 g/mol. The third kappa shape index (κ3) is 6.47. The summed E-state index contributed by atoms with van der Waals surface area (Å²) in [5.74, 6) is 0. The van der Waals surface area contributed by atoms with Crippen molar-refractivity contribution in [3.05, 3.63) is 218 Å². The molecular formula is C55H43N3. The minimum absolute atomic E-state index is 0.651. The first-order valence-electron chi connectivity index (χ1n) is 20.2. The predicted molar refractivity (Wildman–Crippen MR) is 247 cm³/mol. The van der Waals surface area contributed by atoms with Crippen LogP contribution in [0.15, 0.2) is 212 Å². The van der Waals surface area contributed by atoms with Crippen LogP contribution >= 0.6 is 0 Å². The first-order valence-corrected chi connectivity index (χ1v) is 20.2. The van der Waals surface area contributed by atoms with Gasteiger partial charge in [0.15, 0.2) is 0 Å². The van der Waals surface area contributed by atoms with E-state index in [2.05, 4.69) is 234 Å². The van der Waals surface area contributed by atoms with E-state index in [9.17, 15) is 0 Å². The molecule has 58 heavy (non-hydrogen) atoms. The first-order chi connectivity index (χ1) is 28.7. The van der Waals surface area contributed by atoms with Crippen molar-refractivity contribution in [1.82, 2.24) is 14.5 Å². The Hall–Kier alpha value is -7.36. The Morgan fingerprint density at radius 3 is 1.67 bits per heavy atom. The van der Waals surface area contributed by atoms with Crippen molar-refractivity contribution in [3.63, 3.8) is 0 Å². The molecule has 8 aromatic carbocycles. The van der Waals surface area contributed by atoms with E-state index < -0.39 is 0 Å². The molecule has 0 unspecified atom stereocenters. The molecule has 278 valence electrons. The average molecular weight is 746 g/mol. The molecule has 0 aliphatic carbocycles. The van der Waals surface area contributed by atoms with Crippen LogP contribution in [0.3, 0.4) is 0 Å². The standard InChI is InChI=1S/C55H43N3/c1-2-14-39(43-17-13-18-44(35-43)42-27-25-41(26-28-42)40-15-5-3-6-16-40)33-34-56-38-57-52-23-11-9-21-48(52)50-36-45(29-31-53(50)57)46-30-32-55-51(37-46)49-22-10-12-24-54(49)58(55)47-19-7-4-8-20-47/h3-37,56H,2,38H2,1H3/b34-33-,39-14-. The Morgan fingerprint density at radius 2 is 0.948 bits per heavy atom. The lowest BCUT2D eigenvalue weighted by Crippen LogP contribution is -2.11. The van der Waals surface area contributed by atoms with Gasteiger partial charge in [-0.05, 0) is 118 Å². The van der Waals surface area contributed by atoms with Crippen molar-refractivity contribution in [2.75, 3.05) is 0 Å². The van der Waals surface area contributed by atoms with Gasteiger partial charge in [-0.25, -0.2) is 0 Å². The number of nitrogens with one attached hydrogen (secondary N) is 1. The molecule has 1 N–H and O–H groups in total. The first kappa shape index (κ1) is 35.1. The molecule has 0 saturated carbocycles. The summed E-state index contributed by atoms with van der Waals surface area (Å²) in [6, 6.07) is 70.2. The lowest BCUT2D eigenvalue weighted by Gasteiger charge is -2.10. The lowest BCUT2D eigenvalue weighted by molar-refractivity contribution is 0.683. The molecule has 3 heteroatoms. The predicted octanol–water partition coefficient (Wildman–Crippen LogP) is 14.4. The van der Waals surface area contributed by atoms with Gasteiger partial charge < -0.3 is 14.5 Å². The summed E-state index contributed by atoms with van der Waals surface area (Å²) >= 11 is 0. The van der Waals surface area contributed by atoms with E-state index >= 15 is 0 Å². The quantitative estimate of drug-likeness (QED) is 0.138. The van der Waals surface area contributed by atoms with Crippen molar-refractivity contribution >= 4 is 49.2 Å². The van der Waals surface area contributed by atoms with E-state index in [0.29, 0.717) is 6.67 Å². The van der Waals surface area contributed by atoms with Gasteiger partial charge in [-0.2, -0.15) is 0 Å². The maximum Gasteiger partial charge on any atom is 0.0921 e. The second kappa shape index (κ2) is 15.3. The third-order valence-corrected chi connectivity index (χ3v) is 11.4. The van der Waals surface area contributed by atoms with E-state index in [0.717, 1.165) is 6.42 Å². The highest BCUT2D eigenvalue weighted by Crippen LogP contribution is 2.37. The van der Waals surface area contributed by atoms with Crippen LogP contribution in [-0.4, -0.2) is 9.13 Å². The lowest BCUT2D eigenvalue weighted by atomic mass is 9.96. The minimum Gasteiger partial charge on any atom is -0.373 e. The number of hydrogen-bond acceptors (Lipinski definition) is 1. The molecule has 0 aliphatic heterocycles. The third-order valence-electron chi connectivity index (χ3n) is 11.4. The van der Waals surface area contributed by atoms with Crippen molar-refractivity contribution in [1.29, 1.82) is 0 Å². The maximum absolute atomic E-state index is 3.64. The molecule has 10 aromatic rings. The number of allylic oxidation sites excluding steroid dienone is 3. The summed E-state index contributed by atoms with van der Waals surface area (Å²) in [4.78, 5) is 0. The molecule has 0 bridgehead atoms. The fraction of sp³-hybridized carbons (Fsp3) is 0.0545. The molecule has 0 atom stereocenters. The Kier molecular flexibility index (Phi) is 9.25. The van der Waals surface area contributed by atoms with E-state index in [1.165, 1.54) is 93.8 Å². The summed E-state index contributed by atoms with van der Waals surface area (Å²) in [6.45, 7) is 2.85. The van der Waals surface area contributed by atoms with E-state index in [1.807, 2.05) is 0 Å². The zero-order valence-corrected chi connectivity index (χ0v) is 32.5. The van der Waals surface area contributed by atoms with Crippen LogP contribution in [0, 0.1) is 0 Å². The number of hydrogen-bond donors (Lipinski definition) is 1. The molecule has 2 aromatic heterocycles. The number of para-hydroxylation sites is 3. The molecule has 0 saturated heterocycles. The topological polar surface area (TPSA) is 21.9 Å². The fourth-order valence-corrected chi connectivity index (χ4v) is 8.57. The number of benzene rings is 8. The van der Waals surface area contributed by atoms with Crippen LogP contribution in [0.1, 0.15) is 18.9 Å². The average Bonchev–Trinajstić information content (AvgIpc) is 3.80.